The number of ether oxygens (including phenoxy) is 1. The molecule has 0 atom stereocenters. The van der Waals surface area contributed by atoms with Gasteiger partial charge in [0.2, 0.25) is 0 Å². The van der Waals surface area contributed by atoms with Crippen molar-refractivity contribution in [1.82, 2.24) is 9.97 Å². The summed E-state index contributed by atoms with van der Waals surface area (Å²) >= 11 is 0. The molecule has 0 aliphatic heterocycles. The number of nitrogens with zero attached hydrogens (tertiary/aromatic N) is 2. The minimum atomic E-state index is 0.0852. The Hall–Kier alpha value is -2.30. The summed E-state index contributed by atoms with van der Waals surface area (Å²) in [6.45, 7) is 5.66. The van der Waals surface area contributed by atoms with Crippen molar-refractivity contribution in [3.05, 3.63) is 42.7 Å². The van der Waals surface area contributed by atoms with E-state index in [2.05, 4.69) is 32.7 Å². The lowest BCUT2D eigenvalue weighted by Crippen LogP contribution is -2.13. The third-order valence-corrected chi connectivity index (χ3v) is 2.76. The van der Waals surface area contributed by atoms with Crippen LogP contribution in [-0.4, -0.2) is 29.2 Å². The van der Waals surface area contributed by atoms with Crippen molar-refractivity contribution in [2.45, 2.75) is 26.4 Å². The number of rotatable bonds is 8. The van der Waals surface area contributed by atoms with Crippen LogP contribution in [0.25, 0.3) is 0 Å². The highest BCUT2D eigenvalue weighted by Crippen LogP contribution is 2.18. The van der Waals surface area contributed by atoms with E-state index in [9.17, 15) is 0 Å². The highest BCUT2D eigenvalue weighted by molar-refractivity contribution is 5.45. The number of para-hydroxylation sites is 1. The van der Waals surface area contributed by atoms with Crippen LogP contribution >= 0.6 is 0 Å². The molecular weight excluding hydrogens is 264 g/mol. The van der Waals surface area contributed by atoms with Crippen molar-refractivity contribution >= 4 is 11.5 Å². The Kier molecular flexibility index (Phi) is 5.82. The lowest BCUT2D eigenvalue weighted by atomic mass is 10.3. The molecule has 0 amide bonds. The summed E-state index contributed by atoms with van der Waals surface area (Å²) in [5.41, 5.74) is 1.14. The summed E-state index contributed by atoms with van der Waals surface area (Å²) in [5, 5.41) is 6.64. The Morgan fingerprint density at radius 3 is 2.48 bits per heavy atom. The van der Waals surface area contributed by atoms with Crippen LogP contribution in [0, 0.1) is 0 Å². The zero-order valence-corrected chi connectivity index (χ0v) is 12.5. The van der Waals surface area contributed by atoms with E-state index in [1.807, 2.05) is 32.0 Å². The number of anilines is 2. The number of nitrogens with one attached hydrogen (secondary N) is 2. The van der Waals surface area contributed by atoms with Gasteiger partial charge in [-0.15, -0.1) is 0 Å². The predicted octanol–water partition coefficient (Wildman–Crippen LogP) is 3.18. The molecule has 2 rings (SSSR count). The summed E-state index contributed by atoms with van der Waals surface area (Å²) in [6.07, 6.45) is 4.37. The maximum atomic E-state index is 5.62. The Morgan fingerprint density at radius 2 is 1.71 bits per heavy atom. The van der Waals surface area contributed by atoms with Gasteiger partial charge in [-0.2, -0.15) is 0 Å². The van der Waals surface area contributed by atoms with E-state index < -0.39 is 0 Å². The third-order valence-electron chi connectivity index (χ3n) is 2.76. The molecule has 112 valence electrons. The van der Waals surface area contributed by atoms with Gasteiger partial charge in [0.15, 0.2) is 5.82 Å². The minimum Gasteiger partial charge on any atom is -0.472 e. The molecule has 21 heavy (non-hydrogen) atoms. The molecule has 2 N–H and O–H groups in total. The average Bonchev–Trinajstić information content (AvgIpc) is 2.49. The van der Waals surface area contributed by atoms with E-state index in [0.29, 0.717) is 11.7 Å². The molecule has 0 bridgehead atoms. The predicted molar refractivity (Wildman–Crippen MR) is 85.8 cm³/mol. The van der Waals surface area contributed by atoms with Crippen molar-refractivity contribution in [2.75, 3.05) is 23.7 Å². The molecule has 0 fully saturated rings. The molecule has 0 saturated heterocycles. The van der Waals surface area contributed by atoms with E-state index in [0.717, 1.165) is 25.2 Å². The van der Waals surface area contributed by atoms with Crippen LogP contribution in [0.2, 0.25) is 0 Å². The summed E-state index contributed by atoms with van der Waals surface area (Å²) in [4.78, 5) is 8.47. The number of benzene rings is 1. The van der Waals surface area contributed by atoms with Crippen LogP contribution in [-0.2, 0) is 0 Å². The molecule has 0 aliphatic rings. The topological polar surface area (TPSA) is 59.1 Å². The van der Waals surface area contributed by atoms with Crippen molar-refractivity contribution in [2.24, 2.45) is 0 Å². The van der Waals surface area contributed by atoms with Crippen LogP contribution < -0.4 is 15.4 Å². The van der Waals surface area contributed by atoms with Gasteiger partial charge in [-0.1, -0.05) is 18.2 Å². The molecule has 1 heterocycles. The average molecular weight is 286 g/mol. The SMILES string of the molecule is CC(C)Oc1nccnc1NCCCNc1ccccc1. The normalized spacial score (nSPS) is 10.4. The summed E-state index contributed by atoms with van der Waals surface area (Å²) in [7, 11) is 0. The highest BCUT2D eigenvalue weighted by atomic mass is 16.5. The molecule has 5 nitrogen and oxygen atoms in total. The van der Waals surface area contributed by atoms with Crippen LogP contribution in [0.3, 0.4) is 0 Å². The Balaban J connectivity index is 1.73. The molecule has 0 aliphatic carbocycles. The van der Waals surface area contributed by atoms with Gasteiger partial charge in [0.05, 0.1) is 6.10 Å². The van der Waals surface area contributed by atoms with Crippen LogP contribution in [0.1, 0.15) is 20.3 Å². The first-order valence-electron chi connectivity index (χ1n) is 7.26. The van der Waals surface area contributed by atoms with Gasteiger partial charge in [-0.25, -0.2) is 9.97 Å². The maximum absolute atomic E-state index is 5.62. The molecule has 0 radical (unpaired) electrons. The molecule has 2 aromatic rings. The standard InChI is InChI=1S/C16H22N4O/c1-13(2)21-16-15(19-11-12-20-16)18-10-6-9-17-14-7-4-3-5-8-14/h3-5,7-8,11-13,17H,6,9-10H2,1-2H3,(H,18,19). The van der Waals surface area contributed by atoms with Crippen molar-refractivity contribution in [1.29, 1.82) is 0 Å². The first-order chi connectivity index (χ1) is 10.3. The van der Waals surface area contributed by atoms with Gasteiger partial charge in [0.25, 0.3) is 5.88 Å². The van der Waals surface area contributed by atoms with Gasteiger partial charge in [-0.05, 0) is 32.4 Å². The summed E-state index contributed by atoms with van der Waals surface area (Å²) in [6, 6.07) is 10.2. The summed E-state index contributed by atoms with van der Waals surface area (Å²) in [5.74, 6) is 1.26. The molecule has 1 aromatic carbocycles. The lowest BCUT2D eigenvalue weighted by molar-refractivity contribution is 0.233. The van der Waals surface area contributed by atoms with Gasteiger partial charge in [0.1, 0.15) is 0 Å². The van der Waals surface area contributed by atoms with Crippen LogP contribution in [0.4, 0.5) is 11.5 Å². The smallest absolute Gasteiger partial charge is 0.257 e. The van der Waals surface area contributed by atoms with E-state index in [1.54, 1.807) is 12.4 Å². The fraction of sp³-hybridized carbons (Fsp3) is 0.375. The number of hydrogen-bond acceptors (Lipinski definition) is 5. The van der Waals surface area contributed by atoms with Crippen LogP contribution in [0.5, 0.6) is 5.88 Å². The molecule has 5 heteroatoms. The highest BCUT2D eigenvalue weighted by Gasteiger charge is 2.07. The zero-order valence-electron chi connectivity index (χ0n) is 12.5. The van der Waals surface area contributed by atoms with E-state index >= 15 is 0 Å². The first kappa shape index (κ1) is 15.1. The lowest BCUT2D eigenvalue weighted by Gasteiger charge is -2.13. The Morgan fingerprint density at radius 1 is 1.00 bits per heavy atom. The van der Waals surface area contributed by atoms with Crippen LogP contribution in [0.15, 0.2) is 42.7 Å². The Bertz CT molecular complexity index is 531. The molecule has 0 unspecified atom stereocenters. The second kappa shape index (κ2) is 8.09. The molecular formula is C16H22N4O. The van der Waals surface area contributed by atoms with Crippen molar-refractivity contribution in [3.63, 3.8) is 0 Å². The number of aromatic nitrogens is 2. The Labute approximate surface area is 125 Å². The van der Waals surface area contributed by atoms with Gasteiger partial charge < -0.3 is 15.4 Å². The summed E-state index contributed by atoms with van der Waals surface area (Å²) < 4.78 is 5.62. The van der Waals surface area contributed by atoms with E-state index in [-0.39, 0.29) is 6.10 Å². The maximum Gasteiger partial charge on any atom is 0.257 e. The fourth-order valence-corrected chi connectivity index (χ4v) is 1.84. The molecule has 1 aromatic heterocycles. The quantitative estimate of drug-likeness (QED) is 0.730. The van der Waals surface area contributed by atoms with E-state index in [4.69, 9.17) is 4.74 Å². The first-order valence-corrected chi connectivity index (χ1v) is 7.26. The van der Waals surface area contributed by atoms with Gasteiger partial charge in [-0.3, -0.25) is 0 Å². The van der Waals surface area contributed by atoms with Gasteiger partial charge in [0, 0.05) is 31.2 Å². The third kappa shape index (κ3) is 5.30. The number of hydrogen-bond donors (Lipinski definition) is 2. The minimum absolute atomic E-state index is 0.0852. The van der Waals surface area contributed by atoms with Crippen molar-refractivity contribution < 1.29 is 4.74 Å². The largest absolute Gasteiger partial charge is 0.472 e. The molecule has 0 spiro atoms. The van der Waals surface area contributed by atoms with E-state index in [1.165, 1.54) is 0 Å². The molecule has 0 saturated carbocycles. The van der Waals surface area contributed by atoms with Gasteiger partial charge >= 0.3 is 0 Å². The second-order valence-electron chi connectivity index (χ2n) is 4.95. The zero-order chi connectivity index (χ0) is 14.9. The fourth-order valence-electron chi connectivity index (χ4n) is 1.84. The monoisotopic (exact) mass is 286 g/mol. The van der Waals surface area contributed by atoms with Crippen molar-refractivity contribution in [3.8, 4) is 5.88 Å². The second-order valence-corrected chi connectivity index (χ2v) is 4.95.